The molecule has 0 amide bonds. The summed E-state index contributed by atoms with van der Waals surface area (Å²) in [6, 6.07) is -0.558. The van der Waals surface area contributed by atoms with Gasteiger partial charge in [-0.3, -0.25) is 14.2 Å². The minimum absolute atomic E-state index is 0.0588. The van der Waals surface area contributed by atoms with Crippen LogP contribution in [-0.2, 0) is 16.1 Å². The minimum Gasteiger partial charge on any atom is -0.377 e. The van der Waals surface area contributed by atoms with Crippen molar-refractivity contribution in [2.24, 2.45) is 5.92 Å². The van der Waals surface area contributed by atoms with Crippen LogP contribution in [0.2, 0.25) is 0 Å². The molecule has 0 aromatic carbocycles. The van der Waals surface area contributed by atoms with E-state index in [-0.39, 0.29) is 30.7 Å². The van der Waals surface area contributed by atoms with Crippen molar-refractivity contribution in [2.75, 3.05) is 36.1 Å². The highest BCUT2D eigenvalue weighted by Gasteiger charge is 2.47. The van der Waals surface area contributed by atoms with Gasteiger partial charge in [0.2, 0.25) is 5.95 Å². The third-order valence-electron chi connectivity index (χ3n) is 5.24. The molecule has 1 aromatic heterocycles. The highest BCUT2D eigenvalue weighted by molar-refractivity contribution is 5.85. The lowest BCUT2D eigenvalue weighted by Gasteiger charge is -2.40. The summed E-state index contributed by atoms with van der Waals surface area (Å²) in [7, 11) is 0. The number of ether oxygens (including phenoxy) is 1. The monoisotopic (exact) mass is 402 g/mol. The van der Waals surface area contributed by atoms with E-state index in [1.807, 2.05) is 11.8 Å². The Labute approximate surface area is 161 Å². The smallest absolute Gasteiger partial charge is 0.377 e. The van der Waals surface area contributed by atoms with E-state index in [1.54, 1.807) is 13.8 Å². The van der Waals surface area contributed by atoms with Crippen molar-refractivity contribution in [1.29, 1.82) is 0 Å². The fourth-order valence-corrected chi connectivity index (χ4v) is 3.54. The maximum Gasteiger partial charge on any atom is 0.408 e. The summed E-state index contributed by atoms with van der Waals surface area (Å²) in [6.45, 7) is 6.04. The van der Waals surface area contributed by atoms with Crippen molar-refractivity contribution < 1.29 is 22.7 Å². The van der Waals surface area contributed by atoms with Crippen molar-refractivity contribution >= 4 is 17.5 Å². The van der Waals surface area contributed by atoms with Gasteiger partial charge < -0.3 is 14.5 Å². The van der Waals surface area contributed by atoms with Gasteiger partial charge in [0.15, 0.2) is 5.78 Å². The predicted molar refractivity (Wildman–Crippen MR) is 97.8 cm³/mol. The van der Waals surface area contributed by atoms with Gasteiger partial charge in [0.1, 0.15) is 11.9 Å². The number of aromatic nitrogens is 2. The maximum atomic E-state index is 13.7. The number of carbonyl (C=O) groups excluding carboxylic acids is 1. The molecule has 28 heavy (non-hydrogen) atoms. The number of Topliss-reactive ketones (excluding diaryl/α,β-unsaturated/α-hetero) is 1. The van der Waals surface area contributed by atoms with Crippen molar-refractivity contribution in [3.05, 3.63) is 16.4 Å². The summed E-state index contributed by atoms with van der Waals surface area (Å²) < 4.78 is 47.6. The van der Waals surface area contributed by atoms with Gasteiger partial charge in [-0.1, -0.05) is 13.8 Å². The Morgan fingerprint density at radius 2 is 2.07 bits per heavy atom. The summed E-state index contributed by atoms with van der Waals surface area (Å²) in [5.74, 6) is -0.527. The molecule has 2 atom stereocenters. The van der Waals surface area contributed by atoms with Crippen LogP contribution in [0.3, 0.4) is 0 Å². The fourth-order valence-electron chi connectivity index (χ4n) is 3.54. The van der Waals surface area contributed by atoms with Gasteiger partial charge in [0.25, 0.3) is 5.56 Å². The molecule has 2 aliphatic rings. The van der Waals surface area contributed by atoms with Crippen LogP contribution in [0.4, 0.5) is 24.9 Å². The first-order chi connectivity index (χ1) is 13.1. The zero-order chi connectivity index (χ0) is 20.6. The first-order valence-electron chi connectivity index (χ1n) is 9.42. The molecular formula is C18H25F3N4O3. The molecule has 0 N–H and O–H groups in total. The Morgan fingerprint density at radius 3 is 2.68 bits per heavy atom. The molecule has 3 rings (SSSR count). The first-order valence-corrected chi connectivity index (χ1v) is 9.42. The number of nitrogens with zero attached hydrogens (tertiary/aromatic N) is 4. The summed E-state index contributed by atoms with van der Waals surface area (Å²) in [4.78, 5) is 32.1. The zero-order valence-electron chi connectivity index (χ0n) is 16.2. The molecule has 1 saturated heterocycles. The molecule has 3 heterocycles. The van der Waals surface area contributed by atoms with Crippen molar-refractivity contribution in [3.8, 4) is 0 Å². The summed E-state index contributed by atoms with van der Waals surface area (Å²) >= 11 is 0. The zero-order valence-corrected chi connectivity index (χ0v) is 16.2. The molecule has 0 saturated carbocycles. The molecule has 10 heteroatoms. The van der Waals surface area contributed by atoms with Gasteiger partial charge in [-0.25, -0.2) is 0 Å². The average Bonchev–Trinajstić information content (AvgIpc) is 2.61. The molecule has 0 aliphatic carbocycles. The number of ketones is 1. The number of fused-ring (bicyclic) bond motifs is 1. The van der Waals surface area contributed by atoms with Crippen LogP contribution in [0.5, 0.6) is 0 Å². The van der Waals surface area contributed by atoms with E-state index in [4.69, 9.17) is 4.74 Å². The number of hydrogen-bond acceptors (Lipinski definition) is 6. The van der Waals surface area contributed by atoms with E-state index >= 15 is 0 Å². The number of alkyl halides is 3. The van der Waals surface area contributed by atoms with E-state index in [0.717, 1.165) is 4.90 Å². The van der Waals surface area contributed by atoms with Gasteiger partial charge in [-0.15, -0.1) is 0 Å². The molecular weight excluding hydrogens is 377 g/mol. The van der Waals surface area contributed by atoms with Gasteiger partial charge >= 0.3 is 6.18 Å². The van der Waals surface area contributed by atoms with E-state index in [0.29, 0.717) is 25.6 Å². The Bertz CT molecular complexity index is 793. The number of morpholine rings is 1. The number of hydrogen-bond donors (Lipinski definition) is 0. The van der Waals surface area contributed by atoms with E-state index < -0.39 is 30.2 Å². The van der Waals surface area contributed by atoms with Crippen LogP contribution in [0.25, 0.3) is 0 Å². The van der Waals surface area contributed by atoms with Crippen LogP contribution in [-0.4, -0.2) is 59.9 Å². The molecule has 2 aliphatic heterocycles. The lowest BCUT2D eigenvalue weighted by Crippen LogP contribution is -2.54. The van der Waals surface area contributed by atoms with E-state index in [1.165, 1.54) is 10.6 Å². The maximum absolute atomic E-state index is 13.7. The molecule has 0 spiro atoms. The Hall–Kier alpha value is -2.10. The molecule has 0 unspecified atom stereocenters. The Morgan fingerprint density at radius 1 is 1.36 bits per heavy atom. The van der Waals surface area contributed by atoms with Crippen LogP contribution < -0.4 is 15.4 Å². The molecule has 0 radical (unpaired) electrons. The molecule has 1 fully saturated rings. The fraction of sp³-hybridized carbons (Fsp3) is 0.722. The van der Waals surface area contributed by atoms with Crippen LogP contribution in [0.15, 0.2) is 10.9 Å². The van der Waals surface area contributed by atoms with Crippen molar-refractivity contribution in [3.63, 3.8) is 0 Å². The summed E-state index contributed by atoms with van der Waals surface area (Å²) in [5.41, 5.74) is -0.415. The number of halogens is 3. The standard InChI is InChI=1S/C18H25F3N4O3/c1-11(2)13(26)9-25-14(18(19,20)21)4-5-24-16(27)8-15(22-17(24)25)23-6-7-28-10-12(23)3/h8,11-12,14H,4-7,9-10H2,1-3H3/t12-,14-/m0/s1. The van der Waals surface area contributed by atoms with Gasteiger partial charge in [0, 0.05) is 25.1 Å². The number of carbonyl (C=O) groups is 1. The average molecular weight is 402 g/mol. The van der Waals surface area contributed by atoms with Crippen molar-refractivity contribution in [2.45, 2.75) is 52.0 Å². The second-order valence-electron chi connectivity index (χ2n) is 7.62. The largest absolute Gasteiger partial charge is 0.408 e. The molecule has 1 aromatic rings. The molecule has 156 valence electrons. The van der Waals surface area contributed by atoms with Gasteiger partial charge in [0.05, 0.1) is 25.8 Å². The highest BCUT2D eigenvalue weighted by atomic mass is 19.4. The molecule has 0 bridgehead atoms. The molecule has 7 nitrogen and oxygen atoms in total. The third-order valence-corrected chi connectivity index (χ3v) is 5.24. The topological polar surface area (TPSA) is 67.7 Å². The summed E-state index contributed by atoms with van der Waals surface area (Å²) in [5, 5.41) is 0. The number of rotatable bonds is 4. The SMILES string of the molecule is CC(C)C(=O)CN1c2nc(N3CCOC[C@@H]3C)cc(=O)n2CC[C@H]1C(F)(F)F. The van der Waals surface area contributed by atoms with Gasteiger partial charge in [-0.05, 0) is 13.3 Å². The highest BCUT2D eigenvalue weighted by Crippen LogP contribution is 2.34. The second kappa shape index (κ2) is 7.73. The minimum atomic E-state index is -4.53. The van der Waals surface area contributed by atoms with Crippen LogP contribution in [0.1, 0.15) is 27.2 Å². The Kier molecular flexibility index (Phi) is 5.69. The lowest BCUT2D eigenvalue weighted by atomic mass is 10.1. The van der Waals surface area contributed by atoms with Crippen LogP contribution in [0, 0.1) is 5.92 Å². The Balaban J connectivity index is 2.06. The van der Waals surface area contributed by atoms with E-state index in [9.17, 15) is 22.8 Å². The third kappa shape index (κ3) is 4.01. The second-order valence-corrected chi connectivity index (χ2v) is 7.62. The first kappa shape index (κ1) is 20.6. The summed E-state index contributed by atoms with van der Waals surface area (Å²) in [6.07, 6.45) is -4.82. The predicted octanol–water partition coefficient (Wildman–Crippen LogP) is 1.83. The quantitative estimate of drug-likeness (QED) is 0.766. The van der Waals surface area contributed by atoms with E-state index in [2.05, 4.69) is 4.98 Å². The van der Waals surface area contributed by atoms with Crippen LogP contribution >= 0.6 is 0 Å². The van der Waals surface area contributed by atoms with Gasteiger partial charge in [-0.2, -0.15) is 18.2 Å². The lowest BCUT2D eigenvalue weighted by molar-refractivity contribution is -0.153. The number of anilines is 2. The van der Waals surface area contributed by atoms with Crippen molar-refractivity contribution in [1.82, 2.24) is 9.55 Å². The normalized spacial score (nSPS) is 23.1.